The predicted octanol–water partition coefficient (Wildman–Crippen LogP) is 2.29. The molecular weight excluding hydrogens is 178 g/mol. The van der Waals surface area contributed by atoms with Gasteiger partial charge in [0, 0.05) is 7.11 Å². The summed E-state index contributed by atoms with van der Waals surface area (Å²) in [6.45, 7) is 3.82. The highest BCUT2D eigenvalue weighted by Crippen LogP contribution is 2.24. The van der Waals surface area contributed by atoms with E-state index in [4.69, 9.17) is 20.8 Å². The van der Waals surface area contributed by atoms with Gasteiger partial charge in [-0.15, -0.1) is 11.6 Å². The molecule has 0 spiro atoms. The minimum Gasteiger partial charge on any atom is -0.441 e. The first-order valence-corrected chi connectivity index (χ1v) is 4.20. The van der Waals surface area contributed by atoms with Gasteiger partial charge in [0.05, 0.1) is 12.1 Å². The van der Waals surface area contributed by atoms with Crippen LogP contribution in [0.4, 0.5) is 0 Å². The highest BCUT2D eigenvalue weighted by molar-refractivity contribution is 6.16. The van der Waals surface area contributed by atoms with E-state index in [1.807, 2.05) is 13.8 Å². The standard InChI is InChI=1S/C8H12ClNO2/c1-8(2,11-3)6-5-10-7(4-9)12-6/h5H,4H2,1-3H3. The summed E-state index contributed by atoms with van der Waals surface area (Å²) >= 11 is 5.54. The number of rotatable bonds is 3. The summed E-state index contributed by atoms with van der Waals surface area (Å²) in [4.78, 5) is 3.97. The number of methoxy groups -OCH3 is 1. The number of halogens is 1. The Balaban J connectivity index is 2.88. The molecule has 0 aromatic carbocycles. The van der Waals surface area contributed by atoms with Crippen molar-refractivity contribution in [2.75, 3.05) is 7.11 Å². The van der Waals surface area contributed by atoms with E-state index in [1.54, 1.807) is 13.3 Å². The summed E-state index contributed by atoms with van der Waals surface area (Å²) in [5, 5.41) is 0. The Morgan fingerprint density at radius 3 is 2.75 bits per heavy atom. The van der Waals surface area contributed by atoms with Gasteiger partial charge in [0.2, 0.25) is 5.89 Å². The summed E-state index contributed by atoms with van der Waals surface area (Å²) in [6, 6.07) is 0. The summed E-state index contributed by atoms with van der Waals surface area (Å²) in [5.74, 6) is 1.51. The van der Waals surface area contributed by atoms with Crippen molar-refractivity contribution in [3.63, 3.8) is 0 Å². The maximum absolute atomic E-state index is 5.54. The Hall–Kier alpha value is -0.540. The maximum Gasteiger partial charge on any atom is 0.209 e. The fourth-order valence-corrected chi connectivity index (χ4v) is 0.875. The van der Waals surface area contributed by atoms with Crippen LogP contribution >= 0.6 is 11.6 Å². The van der Waals surface area contributed by atoms with Crippen molar-refractivity contribution in [3.8, 4) is 0 Å². The summed E-state index contributed by atoms with van der Waals surface area (Å²) in [6.07, 6.45) is 1.64. The van der Waals surface area contributed by atoms with E-state index >= 15 is 0 Å². The second-order valence-electron chi connectivity index (χ2n) is 2.97. The summed E-state index contributed by atoms with van der Waals surface area (Å²) in [5.41, 5.74) is -0.433. The third-order valence-electron chi connectivity index (χ3n) is 1.77. The predicted molar refractivity (Wildman–Crippen MR) is 46.1 cm³/mol. The number of aromatic nitrogens is 1. The van der Waals surface area contributed by atoms with E-state index in [1.165, 1.54) is 0 Å². The Bertz CT molecular complexity index is 257. The molecule has 0 radical (unpaired) electrons. The number of alkyl halides is 1. The molecule has 1 aromatic heterocycles. The number of nitrogens with zero attached hydrogens (tertiary/aromatic N) is 1. The maximum atomic E-state index is 5.54. The number of hydrogen-bond acceptors (Lipinski definition) is 3. The summed E-state index contributed by atoms with van der Waals surface area (Å²) in [7, 11) is 1.63. The molecule has 0 aliphatic heterocycles. The second kappa shape index (κ2) is 3.46. The van der Waals surface area contributed by atoms with Gasteiger partial charge in [-0.2, -0.15) is 0 Å². The largest absolute Gasteiger partial charge is 0.441 e. The van der Waals surface area contributed by atoms with Crippen molar-refractivity contribution in [2.24, 2.45) is 0 Å². The molecule has 0 saturated heterocycles. The van der Waals surface area contributed by atoms with Gasteiger partial charge >= 0.3 is 0 Å². The zero-order valence-corrected chi connectivity index (χ0v) is 8.18. The Morgan fingerprint density at radius 1 is 1.67 bits per heavy atom. The first-order chi connectivity index (χ1) is 5.60. The van der Waals surface area contributed by atoms with Crippen molar-refractivity contribution in [1.29, 1.82) is 0 Å². The molecular formula is C8H12ClNO2. The fraction of sp³-hybridized carbons (Fsp3) is 0.625. The lowest BCUT2D eigenvalue weighted by molar-refractivity contribution is 0.000278. The van der Waals surface area contributed by atoms with Crippen LogP contribution in [0.1, 0.15) is 25.5 Å². The lowest BCUT2D eigenvalue weighted by atomic mass is 10.1. The van der Waals surface area contributed by atoms with Crippen LogP contribution in [0.15, 0.2) is 10.6 Å². The van der Waals surface area contributed by atoms with Gasteiger partial charge in [-0.05, 0) is 13.8 Å². The van der Waals surface area contributed by atoms with Crippen LogP contribution in [0.5, 0.6) is 0 Å². The van der Waals surface area contributed by atoms with E-state index in [2.05, 4.69) is 4.98 Å². The molecule has 12 heavy (non-hydrogen) atoms. The fourth-order valence-electron chi connectivity index (χ4n) is 0.751. The Morgan fingerprint density at radius 2 is 2.33 bits per heavy atom. The van der Waals surface area contributed by atoms with Crippen LogP contribution in [0.25, 0.3) is 0 Å². The molecule has 0 saturated carbocycles. The average molecular weight is 190 g/mol. The molecule has 0 amide bonds. The van der Waals surface area contributed by atoms with E-state index in [0.29, 0.717) is 17.5 Å². The van der Waals surface area contributed by atoms with E-state index in [9.17, 15) is 0 Å². The lowest BCUT2D eigenvalue weighted by Crippen LogP contribution is -2.18. The zero-order chi connectivity index (χ0) is 9.19. The van der Waals surface area contributed by atoms with E-state index in [-0.39, 0.29) is 0 Å². The molecule has 0 unspecified atom stereocenters. The van der Waals surface area contributed by atoms with Gasteiger partial charge in [-0.3, -0.25) is 0 Å². The van der Waals surface area contributed by atoms with Crippen molar-refractivity contribution in [1.82, 2.24) is 4.98 Å². The quantitative estimate of drug-likeness (QED) is 0.685. The first-order valence-electron chi connectivity index (χ1n) is 3.66. The molecule has 1 heterocycles. The van der Waals surface area contributed by atoms with Crippen LogP contribution in [0.3, 0.4) is 0 Å². The molecule has 0 atom stereocenters. The van der Waals surface area contributed by atoms with Crippen LogP contribution in [-0.2, 0) is 16.2 Å². The average Bonchev–Trinajstić information content (AvgIpc) is 2.52. The summed E-state index contributed by atoms with van der Waals surface area (Å²) < 4.78 is 10.5. The van der Waals surface area contributed by atoms with Crippen molar-refractivity contribution in [3.05, 3.63) is 17.8 Å². The SMILES string of the molecule is COC(C)(C)c1cnc(CCl)o1. The number of oxazole rings is 1. The Labute approximate surface area is 76.7 Å². The lowest BCUT2D eigenvalue weighted by Gasteiger charge is -2.18. The van der Waals surface area contributed by atoms with Crippen LogP contribution in [0.2, 0.25) is 0 Å². The third kappa shape index (κ3) is 1.79. The van der Waals surface area contributed by atoms with Gasteiger partial charge < -0.3 is 9.15 Å². The smallest absolute Gasteiger partial charge is 0.209 e. The molecule has 0 fully saturated rings. The van der Waals surface area contributed by atoms with Gasteiger partial charge in [0.15, 0.2) is 5.76 Å². The Kier molecular flexibility index (Phi) is 2.75. The second-order valence-corrected chi connectivity index (χ2v) is 3.23. The van der Waals surface area contributed by atoms with Gasteiger partial charge in [-0.25, -0.2) is 4.98 Å². The molecule has 1 aromatic rings. The molecule has 4 heteroatoms. The zero-order valence-electron chi connectivity index (χ0n) is 7.43. The van der Waals surface area contributed by atoms with Crippen molar-refractivity contribution < 1.29 is 9.15 Å². The van der Waals surface area contributed by atoms with E-state index < -0.39 is 5.60 Å². The third-order valence-corrected chi connectivity index (χ3v) is 2.00. The van der Waals surface area contributed by atoms with E-state index in [0.717, 1.165) is 0 Å². The normalized spacial score (nSPS) is 12.0. The van der Waals surface area contributed by atoms with Gasteiger partial charge in [0.1, 0.15) is 5.60 Å². The van der Waals surface area contributed by atoms with Crippen LogP contribution in [-0.4, -0.2) is 12.1 Å². The minimum absolute atomic E-state index is 0.291. The highest BCUT2D eigenvalue weighted by Gasteiger charge is 2.24. The van der Waals surface area contributed by atoms with Crippen LogP contribution in [0, 0.1) is 0 Å². The molecule has 0 N–H and O–H groups in total. The first kappa shape index (κ1) is 9.55. The van der Waals surface area contributed by atoms with Gasteiger partial charge in [-0.1, -0.05) is 0 Å². The minimum atomic E-state index is -0.433. The molecule has 1 rings (SSSR count). The van der Waals surface area contributed by atoms with Crippen molar-refractivity contribution in [2.45, 2.75) is 25.3 Å². The number of hydrogen-bond donors (Lipinski definition) is 0. The molecule has 68 valence electrons. The van der Waals surface area contributed by atoms with Crippen LogP contribution < -0.4 is 0 Å². The molecule has 0 aliphatic carbocycles. The van der Waals surface area contributed by atoms with Crippen molar-refractivity contribution >= 4 is 11.6 Å². The van der Waals surface area contributed by atoms with Gasteiger partial charge in [0.25, 0.3) is 0 Å². The number of ether oxygens (including phenoxy) is 1. The molecule has 0 bridgehead atoms. The molecule has 3 nitrogen and oxygen atoms in total. The highest BCUT2D eigenvalue weighted by atomic mass is 35.5. The molecule has 0 aliphatic rings. The monoisotopic (exact) mass is 189 g/mol. The topological polar surface area (TPSA) is 35.3 Å².